The largest absolute Gasteiger partial charge is 0.494 e. The fourth-order valence-corrected chi connectivity index (χ4v) is 4.65. The van der Waals surface area contributed by atoms with Crippen molar-refractivity contribution in [1.82, 2.24) is 14.8 Å². The molecule has 0 aliphatic carbocycles. The molecule has 1 heterocycles. The van der Waals surface area contributed by atoms with Gasteiger partial charge in [-0.1, -0.05) is 30.3 Å². The number of nitrogens with zero attached hydrogens (tertiary/aromatic N) is 3. The number of aromatic amines is 1. The van der Waals surface area contributed by atoms with Gasteiger partial charge in [0.2, 0.25) is 5.91 Å². The standard InChI is InChI=1S/C31H35FN4O2/c1-20(37)36(31(2,3)4)19-22-8-7-9-23(16-22)29(33-25-13-10-21(11-14-25)18-35(5)6)28-26-15-12-24(32)17-27(26)34-30(28)38/h7-17,34,38H,18-19H2,1-6H3. The van der Waals surface area contributed by atoms with Crippen LogP contribution in [-0.4, -0.2) is 51.1 Å². The maximum atomic E-state index is 13.9. The third-order valence-electron chi connectivity index (χ3n) is 6.38. The lowest BCUT2D eigenvalue weighted by Crippen LogP contribution is -2.43. The zero-order chi connectivity index (χ0) is 27.6. The molecule has 0 radical (unpaired) electrons. The maximum Gasteiger partial charge on any atom is 0.220 e. The summed E-state index contributed by atoms with van der Waals surface area (Å²) >= 11 is 0. The van der Waals surface area contributed by atoms with Gasteiger partial charge in [-0.05, 0) is 82.4 Å². The number of rotatable bonds is 7. The van der Waals surface area contributed by atoms with Crippen LogP contribution in [0.15, 0.2) is 71.7 Å². The van der Waals surface area contributed by atoms with Gasteiger partial charge in [0.05, 0.1) is 22.5 Å². The number of aromatic hydroxyl groups is 1. The van der Waals surface area contributed by atoms with Crippen LogP contribution in [0.2, 0.25) is 0 Å². The summed E-state index contributed by atoms with van der Waals surface area (Å²) in [4.78, 5) is 24.2. The van der Waals surface area contributed by atoms with Gasteiger partial charge in [-0.3, -0.25) is 4.79 Å². The SMILES string of the molecule is CC(=O)N(Cc1cccc(C(=Nc2ccc(CN(C)C)cc2)c2c(O)[nH]c3cc(F)ccc23)c1)C(C)(C)C. The van der Waals surface area contributed by atoms with E-state index in [1.807, 2.05) is 88.3 Å². The van der Waals surface area contributed by atoms with Crippen LogP contribution in [0.4, 0.5) is 10.1 Å². The van der Waals surface area contributed by atoms with Gasteiger partial charge >= 0.3 is 0 Å². The summed E-state index contributed by atoms with van der Waals surface area (Å²) in [6.07, 6.45) is 0. The summed E-state index contributed by atoms with van der Waals surface area (Å²) in [6.45, 7) is 8.85. The molecule has 0 fully saturated rings. The fraction of sp³-hybridized carbons (Fsp3) is 0.290. The van der Waals surface area contributed by atoms with E-state index in [1.165, 1.54) is 12.1 Å². The number of fused-ring (bicyclic) bond motifs is 1. The summed E-state index contributed by atoms with van der Waals surface area (Å²) < 4.78 is 13.9. The van der Waals surface area contributed by atoms with Gasteiger partial charge in [0.25, 0.3) is 0 Å². The Morgan fingerprint density at radius 3 is 2.32 bits per heavy atom. The number of H-pyrrole nitrogens is 1. The van der Waals surface area contributed by atoms with Crippen LogP contribution in [0, 0.1) is 5.82 Å². The first-order valence-corrected chi connectivity index (χ1v) is 12.6. The molecule has 1 amide bonds. The van der Waals surface area contributed by atoms with Crippen molar-refractivity contribution < 1.29 is 14.3 Å². The Kier molecular flexibility index (Phi) is 7.69. The van der Waals surface area contributed by atoms with Gasteiger partial charge in [-0.15, -0.1) is 0 Å². The topological polar surface area (TPSA) is 71.9 Å². The van der Waals surface area contributed by atoms with E-state index in [-0.39, 0.29) is 17.3 Å². The lowest BCUT2D eigenvalue weighted by Gasteiger charge is -2.35. The number of carbonyl (C=O) groups excluding carboxylic acids is 1. The maximum absolute atomic E-state index is 13.9. The number of hydrogen-bond acceptors (Lipinski definition) is 4. The zero-order valence-corrected chi connectivity index (χ0v) is 22.8. The monoisotopic (exact) mass is 514 g/mol. The van der Waals surface area contributed by atoms with E-state index < -0.39 is 5.82 Å². The lowest BCUT2D eigenvalue weighted by molar-refractivity contribution is -0.134. The molecular weight excluding hydrogens is 479 g/mol. The van der Waals surface area contributed by atoms with Crippen molar-refractivity contribution in [2.24, 2.45) is 4.99 Å². The van der Waals surface area contributed by atoms with Crippen LogP contribution in [0.1, 0.15) is 49.9 Å². The first-order valence-electron chi connectivity index (χ1n) is 12.6. The molecule has 38 heavy (non-hydrogen) atoms. The molecular formula is C31H35FN4O2. The number of carbonyl (C=O) groups is 1. The van der Waals surface area contributed by atoms with Crippen LogP contribution < -0.4 is 0 Å². The van der Waals surface area contributed by atoms with Crippen LogP contribution in [0.3, 0.4) is 0 Å². The van der Waals surface area contributed by atoms with E-state index in [1.54, 1.807) is 13.0 Å². The molecule has 0 spiro atoms. The molecule has 4 aromatic rings. The van der Waals surface area contributed by atoms with Crippen molar-refractivity contribution in [3.8, 4) is 5.88 Å². The van der Waals surface area contributed by atoms with E-state index in [4.69, 9.17) is 4.99 Å². The van der Waals surface area contributed by atoms with Gasteiger partial charge in [-0.25, -0.2) is 9.38 Å². The third kappa shape index (κ3) is 6.11. The highest BCUT2D eigenvalue weighted by Gasteiger charge is 2.25. The average molecular weight is 515 g/mol. The molecule has 0 saturated heterocycles. The molecule has 3 aromatic carbocycles. The van der Waals surface area contributed by atoms with Crippen LogP contribution in [-0.2, 0) is 17.9 Å². The van der Waals surface area contributed by atoms with E-state index in [0.717, 1.165) is 28.9 Å². The first kappa shape index (κ1) is 27.1. The van der Waals surface area contributed by atoms with Crippen LogP contribution in [0.5, 0.6) is 5.88 Å². The molecule has 0 saturated carbocycles. The van der Waals surface area contributed by atoms with E-state index in [0.29, 0.717) is 28.7 Å². The summed E-state index contributed by atoms with van der Waals surface area (Å²) in [6, 6.07) is 20.2. The Bertz CT molecular complexity index is 1480. The number of amides is 1. The molecule has 6 nitrogen and oxygen atoms in total. The zero-order valence-electron chi connectivity index (χ0n) is 22.8. The van der Waals surface area contributed by atoms with Crippen LogP contribution in [0.25, 0.3) is 10.9 Å². The van der Waals surface area contributed by atoms with Crippen molar-refractivity contribution in [2.45, 2.75) is 46.3 Å². The number of halogens is 1. The Hall–Kier alpha value is -3.97. The number of hydrogen-bond donors (Lipinski definition) is 2. The molecule has 1 aromatic heterocycles. The Balaban J connectivity index is 1.85. The highest BCUT2D eigenvalue weighted by atomic mass is 19.1. The number of benzene rings is 3. The number of aromatic nitrogens is 1. The molecule has 0 aliphatic rings. The van der Waals surface area contributed by atoms with Crippen LogP contribution >= 0.6 is 0 Å². The smallest absolute Gasteiger partial charge is 0.220 e. The Morgan fingerprint density at radius 1 is 0.974 bits per heavy atom. The van der Waals surface area contributed by atoms with E-state index in [9.17, 15) is 14.3 Å². The van der Waals surface area contributed by atoms with Crippen molar-refractivity contribution in [3.63, 3.8) is 0 Å². The lowest BCUT2D eigenvalue weighted by atomic mass is 9.98. The second-order valence-corrected chi connectivity index (χ2v) is 10.9. The molecule has 4 rings (SSSR count). The predicted octanol–water partition coefficient (Wildman–Crippen LogP) is 6.39. The summed E-state index contributed by atoms with van der Waals surface area (Å²) in [5, 5.41) is 11.6. The third-order valence-corrected chi connectivity index (χ3v) is 6.38. The minimum atomic E-state index is -0.395. The van der Waals surface area contributed by atoms with Crippen molar-refractivity contribution in [1.29, 1.82) is 0 Å². The fourth-order valence-electron chi connectivity index (χ4n) is 4.65. The minimum Gasteiger partial charge on any atom is -0.494 e. The average Bonchev–Trinajstić information content (AvgIpc) is 3.15. The molecule has 0 unspecified atom stereocenters. The van der Waals surface area contributed by atoms with Gasteiger partial charge < -0.3 is 19.9 Å². The highest BCUT2D eigenvalue weighted by Crippen LogP contribution is 2.32. The normalized spacial score (nSPS) is 12.4. The van der Waals surface area contributed by atoms with Gasteiger partial charge in [-0.2, -0.15) is 0 Å². The molecule has 0 aliphatic heterocycles. The van der Waals surface area contributed by atoms with Crippen molar-refractivity contribution in [2.75, 3.05) is 14.1 Å². The Labute approximate surface area is 223 Å². The Morgan fingerprint density at radius 2 is 1.68 bits per heavy atom. The molecule has 0 atom stereocenters. The highest BCUT2D eigenvalue weighted by molar-refractivity contribution is 6.21. The second kappa shape index (κ2) is 10.8. The van der Waals surface area contributed by atoms with Gasteiger partial charge in [0.15, 0.2) is 5.88 Å². The summed E-state index contributed by atoms with van der Waals surface area (Å²) in [5.41, 5.74) is 4.79. The molecule has 7 heteroatoms. The molecule has 2 N–H and O–H groups in total. The number of nitrogens with one attached hydrogen (secondary N) is 1. The van der Waals surface area contributed by atoms with Crippen molar-refractivity contribution >= 4 is 28.2 Å². The van der Waals surface area contributed by atoms with E-state index in [2.05, 4.69) is 9.88 Å². The molecule has 198 valence electrons. The second-order valence-electron chi connectivity index (χ2n) is 10.9. The summed E-state index contributed by atoms with van der Waals surface area (Å²) in [5.74, 6) is -0.487. The number of aliphatic imine (C=N–C) groups is 1. The van der Waals surface area contributed by atoms with E-state index >= 15 is 0 Å². The summed E-state index contributed by atoms with van der Waals surface area (Å²) in [7, 11) is 4.04. The molecule has 0 bridgehead atoms. The quantitative estimate of drug-likeness (QED) is 0.281. The van der Waals surface area contributed by atoms with Gasteiger partial charge in [0, 0.05) is 36.5 Å². The van der Waals surface area contributed by atoms with Gasteiger partial charge in [0.1, 0.15) is 5.82 Å². The first-order chi connectivity index (χ1) is 17.9. The van der Waals surface area contributed by atoms with Crippen molar-refractivity contribution in [3.05, 3.63) is 94.8 Å². The minimum absolute atomic E-state index is 0.00842. The predicted molar refractivity (Wildman–Crippen MR) is 151 cm³/mol.